The van der Waals surface area contributed by atoms with Crippen LogP contribution in [-0.2, 0) is 16.6 Å². The quantitative estimate of drug-likeness (QED) is 0.656. The van der Waals surface area contributed by atoms with E-state index < -0.39 is 21.9 Å². The molecule has 1 aliphatic rings. The van der Waals surface area contributed by atoms with Gasteiger partial charge in [-0.1, -0.05) is 42.5 Å². The summed E-state index contributed by atoms with van der Waals surface area (Å²) in [5.74, 6) is -0.455. The number of fused-ring (bicyclic) bond motifs is 1. The molecule has 0 aromatic heterocycles. The fourth-order valence-corrected chi connectivity index (χ4v) is 4.85. The maximum atomic E-state index is 14.2. The topological polar surface area (TPSA) is 57.7 Å². The molecule has 0 saturated carbocycles. The SMILES string of the molecule is Cc1cccc(N2C(=O)N(Cc3ccccc3F)c3ccccc3S2(=O)=O)c1. The number of halogens is 1. The highest BCUT2D eigenvalue weighted by molar-refractivity contribution is 7.94. The molecule has 0 radical (unpaired) electrons. The van der Waals surface area contributed by atoms with E-state index in [2.05, 4.69) is 0 Å². The number of benzene rings is 3. The van der Waals surface area contributed by atoms with Crippen molar-refractivity contribution >= 4 is 27.4 Å². The molecule has 4 rings (SSSR count). The second kappa shape index (κ2) is 6.76. The molecule has 0 spiro atoms. The standard InChI is InChI=1S/C21H17FN2O3S/c1-15-7-6-9-17(13-15)24-21(25)23(14-16-8-2-3-10-18(16)22)19-11-4-5-12-20(19)28(24,26)27/h2-13H,14H2,1H3. The lowest BCUT2D eigenvalue weighted by Crippen LogP contribution is -2.50. The second-order valence-electron chi connectivity index (χ2n) is 6.54. The monoisotopic (exact) mass is 396 g/mol. The first kappa shape index (κ1) is 18.2. The molecule has 0 N–H and O–H groups in total. The number of aryl methyl sites for hydroxylation is 1. The molecule has 0 aliphatic carbocycles. The minimum absolute atomic E-state index is 0.00689. The first-order valence-electron chi connectivity index (χ1n) is 8.65. The van der Waals surface area contributed by atoms with E-state index in [0.29, 0.717) is 5.56 Å². The van der Waals surface area contributed by atoms with Crippen LogP contribution in [0.5, 0.6) is 0 Å². The average Bonchev–Trinajstić information content (AvgIpc) is 2.66. The molecular weight excluding hydrogens is 379 g/mol. The molecule has 3 aromatic rings. The summed E-state index contributed by atoms with van der Waals surface area (Å²) in [6.45, 7) is 1.73. The molecule has 2 amide bonds. The van der Waals surface area contributed by atoms with Crippen molar-refractivity contribution in [3.63, 3.8) is 0 Å². The highest BCUT2D eigenvalue weighted by Gasteiger charge is 2.42. The van der Waals surface area contributed by atoms with E-state index in [-0.39, 0.29) is 22.8 Å². The van der Waals surface area contributed by atoms with Gasteiger partial charge in [0.1, 0.15) is 10.7 Å². The van der Waals surface area contributed by atoms with Gasteiger partial charge in [0.2, 0.25) is 0 Å². The maximum Gasteiger partial charge on any atom is 0.343 e. The Balaban J connectivity index is 1.89. The van der Waals surface area contributed by atoms with Crippen LogP contribution in [0.25, 0.3) is 0 Å². The van der Waals surface area contributed by atoms with E-state index >= 15 is 0 Å². The summed E-state index contributed by atoms with van der Waals surface area (Å²) in [6, 6.07) is 18.3. The van der Waals surface area contributed by atoms with Crippen LogP contribution >= 0.6 is 0 Å². The van der Waals surface area contributed by atoms with Gasteiger partial charge in [-0.05, 0) is 42.8 Å². The van der Waals surface area contributed by atoms with Gasteiger partial charge in [0, 0.05) is 5.56 Å². The number of carbonyl (C=O) groups is 1. The third-order valence-corrected chi connectivity index (χ3v) is 6.35. The largest absolute Gasteiger partial charge is 0.343 e. The molecule has 142 valence electrons. The number of carbonyl (C=O) groups excluding carboxylic acids is 1. The van der Waals surface area contributed by atoms with Gasteiger partial charge >= 0.3 is 6.03 Å². The van der Waals surface area contributed by atoms with E-state index in [0.717, 1.165) is 9.87 Å². The van der Waals surface area contributed by atoms with Crippen LogP contribution in [0.1, 0.15) is 11.1 Å². The molecule has 0 unspecified atom stereocenters. The first-order chi connectivity index (χ1) is 13.4. The molecule has 1 aliphatic heterocycles. The Labute approximate surface area is 162 Å². The Morgan fingerprint density at radius 1 is 0.929 bits per heavy atom. The Hall–Kier alpha value is -3.19. The summed E-state index contributed by atoms with van der Waals surface area (Å²) in [5, 5.41) is 0. The van der Waals surface area contributed by atoms with Crippen LogP contribution in [0.2, 0.25) is 0 Å². The number of para-hydroxylation sites is 1. The predicted octanol–water partition coefficient (Wildman–Crippen LogP) is 4.47. The number of rotatable bonds is 3. The minimum Gasteiger partial charge on any atom is -0.287 e. The number of hydrogen-bond donors (Lipinski definition) is 0. The Kier molecular flexibility index (Phi) is 4.39. The summed E-state index contributed by atoms with van der Waals surface area (Å²) in [5.41, 5.74) is 1.60. The highest BCUT2D eigenvalue weighted by atomic mass is 32.2. The smallest absolute Gasteiger partial charge is 0.287 e. The van der Waals surface area contributed by atoms with Gasteiger partial charge in [-0.15, -0.1) is 0 Å². The molecule has 5 nitrogen and oxygen atoms in total. The van der Waals surface area contributed by atoms with Crippen molar-refractivity contribution in [2.75, 3.05) is 9.21 Å². The van der Waals surface area contributed by atoms with Crippen LogP contribution < -0.4 is 9.21 Å². The highest BCUT2D eigenvalue weighted by Crippen LogP contribution is 2.38. The number of nitrogens with zero attached hydrogens (tertiary/aromatic N) is 2. The van der Waals surface area contributed by atoms with Gasteiger partial charge in [0.05, 0.1) is 17.9 Å². The zero-order valence-corrected chi connectivity index (χ0v) is 15.9. The lowest BCUT2D eigenvalue weighted by Gasteiger charge is -2.36. The van der Waals surface area contributed by atoms with Gasteiger partial charge in [-0.2, -0.15) is 4.31 Å². The van der Waals surface area contributed by atoms with E-state index in [4.69, 9.17) is 0 Å². The molecular formula is C21H17FN2O3S. The van der Waals surface area contributed by atoms with Gasteiger partial charge in [0.15, 0.2) is 0 Å². The molecule has 0 fully saturated rings. The molecule has 0 bridgehead atoms. The van der Waals surface area contributed by atoms with Gasteiger partial charge in [-0.25, -0.2) is 17.6 Å². The maximum absolute atomic E-state index is 14.2. The van der Waals surface area contributed by atoms with Crippen LogP contribution in [-0.4, -0.2) is 14.4 Å². The number of anilines is 2. The first-order valence-corrected chi connectivity index (χ1v) is 10.1. The molecule has 1 heterocycles. The zero-order valence-electron chi connectivity index (χ0n) is 15.0. The lowest BCUT2D eigenvalue weighted by atomic mass is 10.2. The van der Waals surface area contributed by atoms with Crippen molar-refractivity contribution in [1.29, 1.82) is 0 Å². The van der Waals surface area contributed by atoms with Gasteiger partial charge in [0.25, 0.3) is 10.0 Å². The second-order valence-corrected chi connectivity index (χ2v) is 8.29. The number of hydrogen-bond acceptors (Lipinski definition) is 3. The summed E-state index contributed by atoms with van der Waals surface area (Å²) >= 11 is 0. The molecule has 7 heteroatoms. The van der Waals surface area contributed by atoms with Crippen LogP contribution in [0, 0.1) is 12.7 Å². The Morgan fingerprint density at radius 2 is 1.64 bits per heavy atom. The Morgan fingerprint density at radius 3 is 2.39 bits per heavy atom. The molecule has 0 atom stereocenters. The normalized spacial score (nSPS) is 15.4. The number of amides is 2. The third-order valence-electron chi connectivity index (χ3n) is 4.60. The molecule has 3 aromatic carbocycles. The summed E-state index contributed by atoms with van der Waals surface area (Å²) in [7, 11) is -4.09. The summed E-state index contributed by atoms with van der Waals surface area (Å²) in [6.07, 6.45) is 0. The predicted molar refractivity (Wildman–Crippen MR) is 105 cm³/mol. The zero-order chi connectivity index (χ0) is 19.9. The van der Waals surface area contributed by atoms with Crippen molar-refractivity contribution in [1.82, 2.24) is 0 Å². The van der Waals surface area contributed by atoms with E-state index in [1.54, 1.807) is 54.6 Å². The van der Waals surface area contributed by atoms with Crippen molar-refractivity contribution < 1.29 is 17.6 Å². The van der Waals surface area contributed by atoms with Gasteiger partial charge in [-0.3, -0.25) is 4.90 Å². The molecule has 28 heavy (non-hydrogen) atoms. The Bertz CT molecular complexity index is 1180. The third kappa shape index (κ3) is 2.93. The van der Waals surface area contributed by atoms with Crippen LogP contribution in [0.3, 0.4) is 0 Å². The van der Waals surface area contributed by atoms with E-state index in [1.807, 2.05) is 13.0 Å². The van der Waals surface area contributed by atoms with Crippen LogP contribution in [0.15, 0.2) is 77.7 Å². The number of sulfonamides is 1. The molecule has 0 saturated heterocycles. The minimum atomic E-state index is -4.09. The fourth-order valence-electron chi connectivity index (χ4n) is 3.27. The summed E-state index contributed by atoms with van der Waals surface area (Å²) in [4.78, 5) is 14.6. The number of urea groups is 1. The van der Waals surface area contributed by atoms with E-state index in [9.17, 15) is 17.6 Å². The van der Waals surface area contributed by atoms with Crippen molar-refractivity contribution in [2.45, 2.75) is 18.4 Å². The summed E-state index contributed by atoms with van der Waals surface area (Å²) < 4.78 is 41.4. The van der Waals surface area contributed by atoms with Crippen molar-refractivity contribution in [2.24, 2.45) is 0 Å². The average molecular weight is 396 g/mol. The van der Waals surface area contributed by atoms with E-state index in [1.165, 1.54) is 17.0 Å². The fraction of sp³-hybridized carbons (Fsp3) is 0.0952. The van der Waals surface area contributed by atoms with Gasteiger partial charge < -0.3 is 0 Å². The lowest BCUT2D eigenvalue weighted by molar-refractivity contribution is 0.253. The van der Waals surface area contributed by atoms with Crippen molar-refractivity contribution in [3.8, 4) is 0 Å². The van der Waals surface area contributed by atoms with Crippen molar-refractivity contribution in [3.05, 3.63) is 89.7 Å². The van der Waals surface area contributed by atoms with Crippen LogP contribution in [0.4, 0.5) is 20.6 Å².